The smallest absolute Gasteiger partial charge is 0.142 e. The van der Waals surface area contributed by atoms with Gasteiger partial charge in [0.25, 0.3) is 0 Å². The zero-order valence-electron chi connectivity index (χ0n) is 19.6. The highest BCUT2D eigenvalue weighted by Crippen LogP contribution is 2.16. The minimum Gasteiger partial charge on any atom is -0.376 e. The quantitative estimate of drug-likeness (QED) is 0.467. The summed E-state index contributed by atoms with van der Waals surface area (Å²) in [5.41, 5.74) is 9.71. The lowest BCUT2D eigenvalue weighted by Gasteiger charge is -2.05. The van der Waals surface area contributed by atoms with Crippen LogP contribution in [0.2, 0.25) is 39.3 Å². The molecule has 0 saturated carbocycles. The molecule has 0 saturated heterocycles. The highest BCUT2D eigenvalue weighted by Gasteiger charge is 2.09. The van der Waals surface area contributed by atoms with Crippen LogP contribution in [0.5, 0.6) is 0 Å². The maximum absolute atomic E-state index is 10.5. The zero-order valence-corrected chi connectivity index (χ0v) is 21.6. The van der Waals surface area contributed by atoms with E-state index in [0.29, 0.717) is 11.1 Å². The number of aliphatic hydroxyl groups excluding tert-OH is 1. The average Bonchev–Trinajstić information content (AvgIpc) is 2.72. The molecule has 1 N–H and O–H groups in total. The second-order valence-electron chi connectivity index (χ2n) is 9.30. The van der Waals surface area contributed by atoms with Crippen LogP contribution in [0.1, 0.15) is 28.4 Å². The Labute approximate surface area is 195 Å². The number of aliphatic hydroxyl groups is 1. The first kappa shape index (κ1) is 24.9. The molecule has 3 heteroatoms. The molecule has 0 aliphatic carbocycles. The van der Waals surface area contributed by atoms with Gasteiger partial charge in [0.15, 0.2) is 0 Å². The summed E-state index contributed by atoms with van der Waals surface area (Å²) < 4.78 is 0. The minimum atomic E-state index is -1.48. The Morgan fingerprint density at radius 2 is 1.09 bits per heavy atom. The Morgan fingerprint density at radius 1 is 0.594 bits per heavy atom. The van der Waals surface area contributed by atoms with Crippen LogP contribution in [-0.2, 0) is 0 Å². The van der Waals surface area contributed by atoms with Gasteiger partial charge in [0, 0.05) is 22.3 Å². The molecule has 1 nitrogen and oxygen atoms in total. The first-order valence-corrected chi connectivity index (χ1v) is 17.5. The Morgan fingerprint density at radius 3 is 1.69 bits per heavy atom. The number of hydrogen-bond acceptors (Lipinski definition) is 1. The molecular formula is C29H28OSi2. The topological polar surface area (TPSA) is 20.2 Å². The molecule has 0 aromatic heterocycles. The van der Waals surface area contributed by atoms with Crippen LogP contribution in [-0.4, -0.2) is 21.3 Å². The van der Waals surface area contributed by atoms with Crippen molar-refractivity contribution in [1.29, 1.82) is 0 Å². The lowest BCUT2D eigenvalue weighted by Crippen LogP contribution is -2.16. The van der Waals surface area contributed by atoms with E-state index in [4.69, 9.17) is 0 Å². The van der Waals surface area contributed by atoms with E-state index in [-0.39, 0.29) is 0 Å². The molecule has 0 spiro atoms. The van der Waals surface area contributed by atoms with Gasteiger partial charge in [-0.3, -0.25) is 0 Å². The fourth-order valence-electron chi connectivity index (χ4n) is 2.40. The summed E-state index contributed by atoms with van der Waals surface area (Å²) in [7, 11) is -2.94. The summed E-state index contributed by atoms with van der Waals surface area (Å²) in [6.45, 7) is 13.1. The van der Waals surface area contributed by atoms with Crippen molar-refractivity contribution >= 4 is 16.1 Å². The predicted molar refractivity (Wildman–Crippen MR) is 141 cm³/mol. The maximum Gasteiger partial charge on any atom is 0.142 e. The van der Waals surface area contributed by atoms with E-state index >= 15 is 0 Å². The minimum absolute atomic E-state index is 0.658. The van der Waals surface area contributed by atoms with Crippen LogP contribution in [0.4, 0.5) is 0 Å². The van der Waals surface area contributed by atoms with E-state index < -0.39 is 22.3 Å². The van der Waals surface area contributed by atoms with Gasteiger partial charge >= 0.3 is 0 Å². The van der Waals surface area contributed by atoms with Gasteiger partial charge in [-0.05, 0) is 41.9 Å². The molecule has 0 aliphatic heterocycles. The van der Waals surface area contributed by atoms with Gasteiger partial charge in [-0.2, -0.15) is 0 Å². The molecule has 0 aliphatic rings. The first-order valence-electron chi connectivity index (χ1n) is 10.5. The van der Waals surface area contributed by atoms with Gasteiger partial charge < -0.3 is 5.11 Å². The number of rotatable bonds is 1. The normalized spacial score (nSPS) is 10.8. The van der Waals surface area contributed by atoms with E-state index in [9.17, 15) is 5.11 Å². The Bertz CT molecular complexity index is 1280. The van der Waals surface area contributed by atoms with Gasteiger partial charge in [0.1, 0.15) is 22.3 Å². The van der Waals surface area contributed by atoms with Crippen molar-refractivity contribution in [1.82, 2.24) is 0 Å². The highest BCUT2D eigenvalue weighted by atomic mass is 28.3. The summed E-state index contributed by atoms with van der Waals surface area (Å²) in [6.07, 6.45) is -0.943. The number of benzene rings is 2. The molecule has 1 unspecified atom stereocenters. The Hall–Kier alpha value is -3.37. The van der Waals surface area contributed by atoms with Crippen LogP contribution in [0.25, 0.3) is 0 Å². The third-order valence-corrected chi connectivity index (χ3v) is 5.67. The van der Waals surface area contributed by atoms with Crippen molar-refractivity contribution in [2.45, 2.75) is 45.4 Å². The average molecular weight is 449 g/mol. The fraction of sp³-hybridized carbons (Fsp3) is 0.241. The summed E-state index contributed by atoms with van der Waals surface area (Å²) in [5.74, 6) is 23.7. The predicted octanol–water partition coefficient (Wildman–Crippen LogP) is 5.24. The number of hydrogen-bond donors (Lipinski definition) is 1. The second kappa shape index (κ2) is 11.3. The maximum atomic E-state index is 10.5. The van der Waals surface area contributed by atoms with E-state index in [1.165, 1.54) is 0 Å². The van der Waals surface area contributed by atoms with Crippen LogP contribution in [0.3, 0.4) is 0 Å². The standard InChI is InChI=1S/C29H28OSi2/c1-31(2,3)23-14-13-21-29(30)28-20-12-11-19-27(28)18-10-9-16-25-15-7-8-17-26(25)22-24-32(4,5)6/h7-8,11-12,15,17,19-20,29-30H,1-6H3. The van der Waals surface area contributed by atoms with Gasteiger partial charge in [0.2, 0.25) is 0 Å². The van der Waals surface area contributed by atoms with Gasteiger partial charge in [-0.1, -0.05) is 93.3 Å². The van der Waals surface area contributed by atoms with Crippen LogP contribution in [0.15, 0.2) is 48.5 Å². The van der Waals surface area contributed by atoms with Crippen LogP contribution < -0.4 is 0 Å². The molecule has 2 aromatic carbocycles. The van der Waals surface area contributed by atoms with E-state index in [2.05, 4.69) is 97.7 Å². The molecule has 0 heterocycles. The molecule has 158 valence electrons. The van der Waals surface area contributed by atoms with E-state index in [0.717, 1.165) is 11.1 Å². The Balaban J connectivity index is 2.27. The Kier molecular flexibility index (Phi) is 8.80. The summed E-state index contributed by atoms with van der Waals surface area (Å²) in [6, 6.07) is 15.3. The fourth-order valence-corrected chi connectivity index (χ4v) is 3.35. The van der Waals surface area contributed by atoms with Crippen LogP contribution >= 0.6 is 0 Å². The van der Waals surface area contributed by atoms with Crippen molar-refractivity contribution in [2.75, 3.05) is 0 Å². The summed E-state index contributed by atoms with van der Waals surface area (Å²) in [5, 5.41) is 10.5. The van der Waals surface area contributed by atoms with Crippen molar-refractivity contribution in [2.24, 2.45) is 0 Å². The largest absolute Gasteiger partial charge is 0.376 e. The van der Waals surface area contributed by atoms with Gasteiger partial charge in [-0.25, -0.2) is 0 Å². The second-order valence-corrected chi connectivity index (χ2v) is 18.8. The van der Waals surface area contributed by atoms with Crippen LogP contribution in [0, 0.1) is 58.5 Å². The van der Waals surface area contributed by atoms with E-state index in [1.54, 1.807) is 0 Å². The molecule has 0 radical (unpaired) electrons. The van der Waals surface area contributed by atoms with Crippen molar-refractivity contribution in [3.05, 3.63) is 70.8 Å². The van der Waals surface area contributed by atoms with Crippen molar-refractivity contribution in [3.63, 3.8) is 0 Å². The molecule has 2 rings (SSSR count). The molecule has 2 aromatic rings. The van der Waals surface area contributed by atoms with Crippen molar-refractivity contribution < 1.29 is 5.11 Å². The third kappa shape index (κ3) is 9.19. The monoisotopic (exact) mass is 448 g/mol. The molecule has 0 bridgehead atoms. The van der Waals surface area contributed by atoms with E-state index in [1.807, 2.05) is 48.5 Å². The molecule has 0 amide bonds. The third-order valence-electron chi connectivity index (χ3n) is 3.92. The highest BCUT2D eigenvalue weighted by molar-refractivity contribution is 6.84. The lowest BCUT2D eigenvalue weighted by atomic mass is 10.0. The molecule has 32 heavy (non-hydrogen) atoms. The zero-order chi connectivity index (χ0) is 23.6. The van der Waals surface area contributed by atoms with Gasteiger partial charge in [0.05, 0.1) is 0 Å². The summed E-state index contributed by atoms with van der Waals surface area (Å²) >= 11 is 0. The molecule has 0 fully saturated rings. The summed E-state index contributed by atoms with van der Waals surface area (Å²) in [4.78, 5) is 0. The SMILES string of the molecule is C[Si](C)(C)C#CC#CC(O)c1ccccc1C#CC#Cc1ccccc1C#C[Si](C)(C)C. The lowest BCUT2D eigenvalue weighted by molar-refractivity contribution is 0.238. The molecule has 1 atom stereocenters. The molecular weight excluding hydrogens is 420 g/mol. The van der Waals surface area contributed by atoms with Gasteiger partial charge in [-0.15, -0.1) is 11.1 Å². The first-order chi connectivity index (χ1) is 15.1. The van der Waals surface area contributed by atoms with Crippen molar-refractivity contribution in [3.8, 4) is 58.5 Å².